The average Bonchev–Trinajstić information content (AvgIpc) is 3.74. The van der Waals surface area contributed by atoms with Crippen LogP contribution in [-0.4, -0.2) is 63.5 Å². The summed E-state index contributed by atoms with van der Waals surface area (Å²) in [5.74, 6) is -0.743. The number of nitrogens with two attached hydrogens (primary N) is 1. The Morgan fingerprint density at radius 1 is 0.870 bits per heavy atom. The Bertz CT molecular complexity index is 1840. The van der Waals surface area contributed by atoms with Gasteiger partial charge in [-0.25, -0.2) is 15.0 Å². The molecule has 2 amide bonds. The van der Waals surface area contributed by atoms with Crippen molar-refractivity contribution in [1.82, 2.24) is 24.6 Å². The van der Waals surface area contributed by atoms with Gasteiger partial charge in [0, 0.05) is 6.42 Å². The van der Waals surface area contributed by atoms with E-state index in [1.54, 1.807) is 30.6 Å². The lowest BCUT2D eigenvalue weighted by Crippen LogP contribution is -2.68. The summed E-state index contributed by atoms with van der Waals surface area (Å²) >= 11 is 0. The number of carbonyl (C=O) groups is 2. The topological polar surface area (TPSA) is 135 Å². The molecule has 2 N–H and O–H groups in total. The van der Waals surface area contributed by atoms with Gasteiger partial charge in [-0.1, -0.05) is 93.6 Å². The number of rotatable bonds is 8. The molecule has 4 heterocycles. The van der Waals surface area contributed by atoms with Crippen molar-refractivity contribution >= 4 is 47.5 Å². The number of aromatic nitrogens is 4. The van der Waals surface area contributed by atoms with E-state index in [1.807, 2.05) is 41.0 Å². The van der Waals surface area contributed by atoms with Gasteiger partial charge in [0.05, 0.1) is 23.6 Å². The Morgan fingerprint density at radius 3 is 2.04 bits per heavy atom. The van der Waals surface area contributed by atoms with Crippen LogP contribution >= 0.6 is 0 Å². The second-order valence-electron chi connectivity index (χ2n) is 12.5. The van der Waals surface area contributed by atoms with Crippen LogP contribution in [0.5, 0.6) is 0 Å². The minimum Gasteiger partial charge on any atom is -0.402 e. The molecule has 12 heteroatoms. The molecule has 2 aromatic heterocycles. The zero-order chi connectivity index (χ0) is 32.1. The molecule has 0 radical (unpaired) electrons. The summed E-state index contributed by atoms with van der Waals surface area (Å²) in [6.07, 6.45) is 1.75. The molecule has 1 saturated heterocycles. The maximum absolute atomic E-state index is 13.1. The van der Waals surface area contributed by atoms with Crippen molar-refractivity contribution in [1.29, 1.82) is 0 Å². The molecular formula is C34H34N6O5Si. The number of fused-ring (bicyclic) bond motifs is 2. The number of ether oxygens (including phenoxy) is 1. The number of amides is 2. The van der Waals surface area contributed by atoms with E-state index in [0.717, 1.165) is 15.4 Å². The molecule has 3 aromatic carbocycles. The van der Waals surface area contributed by atoms with Crippen molar-refractivity contribution in [2.24, 2.45) is 0 Å². The number of nitrogens with zero attached hydrogens (tertiary/aromatic N) is 5. The maximum Gasteiger partial charge on any atom is 0.285 e. The predicted molar refractivity (Wildman–Crippen MR) is 174 cm³/mol. The Kier molecular flexibility index (Phi) is 7.52. The minimum atomic E-state index is -3.03. The SMILES string of the molecule is CC(C)(C)[Si](O[C@H]1C[C@H](n2cnc3c(N)ncnc32)O[C@@H]1CON1C(=O)c2ccccc2C1=O)(c1ccccc1)c1ccccc1. The van der Waals surface area contributed by atoms with E-state index in [-0.39, 0.29) is 17.5 Å². The summed E-state index contributed by atoms with van der Waals surface area (Å²) in [4.78, 5) is 45.2. The molecule has 2 aliphatic rings. The highest BCUT2D eigenvalue weighted by Crippen LogP contribution is 2.42. The van der Waals surface area contributed by atoms with Crippen LogP contribution in [0.3, 0.4) is 0 Å². The standard InChI is InChI=1S/C34H34N6O5Si/c1-34(2,3)46(22-12-6-4-7-13-22,23-14-8-5-9-15-23)45-26-18-28(39-21-38-29-30(35)36-20-37-31(29)39)44-27(26)19-43-40-32(41)24-16-10-11-17-25(24)33(40)42/h4-17,20-21,26-28H,18-19H2,1-3H3,(H2,35,36,37)/t26-,27+,28+/m0/s1. The largest absolute Gasteiger partial charge is 0.402 e. The van der Waals surface area contributed by atoms with Crippen LogP contribution in [0.25, 0.3) is 11.2 Å². The summed E-state index contributed by atoms with van der Waals surface area (Å²) in [6, 6.07) is 27.3. The summed E-state index contributed by atoms with van der Waals surface area (Å²) in [5, 5.41) is 2.75. The highest BCUT2D eigenvalue weighted by Gasteiger charge is 2.54. The number of hydroxylamine groups is 2. The number of imidazole rings is 1. The van der Waals surface area contributed by atoms with Crippen molar-refractivity contribution < 1.29 is 23.6 Å². The van der Waals surface area contributed by atoms with Gasteiger partial charge in [0.1, 0.15) is 30.8 Å². The lowest BCUT2D eigenvalue weighted by molar-refractivity contribution is -0.139. The quantitative estimate of drug-likeness (QED) is 0.199. The highest BCUT2D eigenvalue weighted by molar-refractivity contribution is 6.99. The number of anilines is 1. The van der Waals surface area contributed by atoms with Crippen LogP contribution in [0.15, 0.2) is 97.6 Å². The highest BCUT2D eigenvalue weighted by atomic mass is 28.4. The summed E-state index contributed by atoms with van der Waals surface area (Å²) in [7, 11) is -3.03. The molecule has 0 unspecified atom stereocenters. The first kappa shape index (κ1) is 29.9. The van der Waals surface area contributed by atoms with Crippen LogP contribution in [-0.2, 0) is 14.0 Å². The van der Waals surface area contributed by atoms with Crippen molar-refractivity contribution in [3.8, 4) is 0 Å². The summed E-state index contributed by atoms with van der Waals surface area (Å²) in [5.41, 5.74) is 7.70. The molecule has 5 aromatic rings. The fraction of sp³-hybridized carbons (Fsp3) is 0.265. The van der Waals surface area contributed by atoms with Crippen molar-refractivity contribution in [2.75, 3.05) is 12.3 Å². The zero-order valence-corrected chi connectivity index (χ0v) is 26.7. The first-order chi connectivity index (χ1) is 22.2. The van der Waals surface area contributed by atoms with Gasteiger partial charge in [-0.15, -0.1) is 5.06 Å². The fourth-order valence-corrected chi connectivity index (χ4v) is 11.3. The number of carbonyl (C=O) groups excluding carboxylic acids is 2. The van der Waals surface area contributed by atoms with Gasteiger partial charge in [0.2, 0.25) is 0 Å². The molecule has 3 atom stereocenters. The number of benzene rings is 3. The normalized spacial score (nSPS) is 20.1. The predicted octanol–water partition coefficient (Wildman–Crippen LogP) is 3.87. The molecule has 7 rings (SSSR count). The summed E-state index contributed by atoms with van der Waals surface area (Å²) in [6.45, 7) is 6.52. The minimum absolute atomic E-state index is 0.103. The Morgan fingerprint density at radius 2 is 1.46 bits per heavy atom. The third-order valence-electron chi connectivity index (χ3n) is 8.75. The number of nitrogen functional groups attached to an aromatic ring is 1. The van der Waals surface area contributed by atoms with Crippen LogP contribution in [0, 0.1) is 0 Å². The second-order valence-corrected chi connectivity index (χ2v) is 16.8. The molecule has 0 saturated carbocycles. The first-order valence-electron chi connectivity index (χ1n) is 15.2. The lowest BCUT2D eigenvalue weighted by atomic mass is 10.1. The van der Waals surface area contributed by atoms with Crippen molar-refractivity contribution in [3.63, 3.8) is 0 Å². The van der Waals surface area contributed by atoms with E-state index in [9.17, 15) is 9.59 Å². The smallest absolute Gasteiger partial charge is 0.285 e. The van der Waals surface area contributed by atoms with E-state index in [4.69, 9.17) is 19.7 Å². The molecule has 11 nitrogen and oxygen atoms in total. The summed E-state index contributed by atoms with van der Waals surface area (Å²) < 4.78 is 16.0. The molecule has 0 bridgehead atoms. The Balaban J connectivity index is 1.27. The number of hydrogen-bond acceptors (Lipinski definition) is 9. The van der Waals surface area contributed by atoms with Gasteiger partial charge < -0.3 is 14.9 Å². The molecular weight excluding hydrogens is 600 g/mol. The molecule has 1 fully saturated rings. The Hall–Kier alpha value is -4.75. The molecule has 0 aliphatic carbocycles. The van der Waals surface area contributed by atoms with E-state index in [1.165, 1.54) is 6.33 Å². The van der Waals surface area contributed by atoms with Crippen LogP contribution in [0.1, 0.15) is 54.1 Å². The number of imide groups is 1. The van der Waals surface area contributed by atoms with Gasteiger partial charge in [0.25, 0.3) is 20.1 Å². The maximum atomic E-state index is 13.1. The van der Waals surface area contributed by atoms with Gasteiger partial charge in [-0.2, -0.15) is 0 Å². The van der Waals surface area contributed by atoms with E-state index < -0.39 is 38.6 Å². The third-order valence-corrected chi connectivity index (χ3v) is 13.8. The first-order valence-corrected chi connectivity index (χ1v) is 17.1. The van der Waals surface area contributed by atoms with E-state index in [2.05, 4.69) is 60.0 Å². The van der Waals surface area contributed by atoms with Gasteiger partial charge in [-0.3, -0.25) is 19.0 Å². The lowest BCUT2D eigenvalue weighted by Gasteiger charge is -2.45. The molecule has 2 aliphatic heterocycles. The van der Waals surface area contributed by atoms with E-state index >= 15 is 0 Å². The zero-order valence-electron chi connectivity index (χ0n) is 25.7. The van der Waals surface area contributed by atoms with Crippen LogP contribution < -0.4 is 16.1 Å². The monoisotopic (exact) mass is 634 g/mol. The van der Waals surface area contributed by atoms with Crippen molar-refractivity contribution in [2.45, 2.75) is 50.7 Å². The third kappa shape index (κ3) is 4.90. The van der Waals surface area contributed by atoms with E-state index in [0.29, 0.717) is 28.7 Å². The van der Waals surface area contributed by atoms with Crippen molar-refractivity contribution in [3.05, 3.63) is 109 Å². The molecule has 234 valence electrons. The fourth-order valence-electron chi connectivity index (χ4n) is 6.58. The number of hydrogen-bond donors (Lipinski definition) is 1. The molecule has 46 heavy (non-hydrogen) atoms. The van der Waals surface area contributed by atoms with Gasteiger partial charge >= 0.3 is 0 Å². The van der Waals surface area contributed by atoms with Crippen LogP contribution in [0.2, 0.25) is 5.04 Å². The average molecular weight is 635 g/mol. The van der Waals surface area contributed by atoms with Gasteiger partial charge in [0.15, 0.2) is 11.5 Å². The van der Waals surface area contributed by atoms with Crippen LogP contribution in [0.4, 0.5) is 5.82 Å². The molecule has 0 spiro atoms. The second kappa shape index (κ2) is 11.6. The van der Waals surface area contributed by atoms with Gasteiger partial charge in [-0.05, 0) is 27.5 Å². The Labute approximate surface area is 267 Å².